The fourth-order valence-electron chi connectivity index (χ4n) is 2.60. The first-order valence-corrected chi connectivity index (χ1v) is 7.71. The number of pyridine rings is 1. The minimum atomic E-state index is -0.359. The summed E-state index contributed by atoms with van der Waals surface area (Å²) in [5.41, 5.74) is 1.67. The van der Waals surface area contributed by atoms with E-state index in [0.29, 0.717) is 17.0 Å². The van der Waals surface area contributed by atoms with Gasteiger partial charge in [0.15, 0.2) is 0 Å². The maximum Gasteiger partial charge on any atom is 0.230 e. The Morgan fingerprint density at radius 3 is 2.60 bits per heavy atom. The maximum atomic E-state index is 13.0. The van der Waals surface area contributed by atoms with Crippen LogP contribution in [0.2, 0.25) is 0 Å². The van der Waals surface area contributed by atoms with E-state index in [9.17, 15) is 9.18 Å². The molecular weight excluding hydrogens is 319 g/mol. The normalized spacial score (nSPS) is 10.8. The second-order valence-electron chi connectivity index (χ2n) is 5.51. The van der Waals surface area contributed by atoms with Crippen LogP contribution in [0.3, 0.4) is 0 Å². The SMILES string of the molecule is O=C(c1cc2ccccc2[nH]1)c1cccnc1Oc1ccc(F)cc1. The highest BCUT2D eigenvalue weighted by molar-refractivity contribution is 6.11. The number of halogens is 1. The van der Waals surface area contributed by atoms with Gasteiger partial charge < -0.3 is 9.72 Å². The van der Waals surface area contributed by atoms with Crippen molar-refractivity contribution in [3.63, 3.8) is 0 Å². The van der Waals surface area contributed by atoms with Crippen LogP contribution in [-0.2, 0) is 0 Å². The highest BCUT2D eigenvalue weighted by Gasteiger charge is 2.18. The van der Waals surface area contributed by atoms with Crippen molar-refractivity contribution in [2.45, 2.75) is 0 Å². The van der Waals surface area contributed by atoms with E-state index in [1.807, 2.05) is 24.3 Å². The summed E-state index contributed by atoms with van der Waals surface area (Å²) >= 11 is 0. The van der Waals surface area contributed by atoms with Crippen molar-refractivity contribution in [2.24, 2.45) is 0 Å². The first-order chi connectivity index (χ1) is 12.2. The number of nitrogens with one attached hydrogen (secondary N) is 1. The third kappa shape index (κ3) is 2.99. The van der Waals surface area contributed by atoms with E-state index in [-0.39, 0.29) is 17.5 Å². The quantitative estimate of drug-likeness (QED) is 0.550. The predicted molar refractivity (Wildman–Crippen MR) is 92.4 cm³/mol. The molecule has 2 aromatic heterocycles. The fourth-order valence-corrected chi connectivity index (χ4v) is 2.60. The first kappa shape index (κ1) is 15.1. The van der Waals surface area contributed by atoms with E-state index in [4.69, 9.17) is 4.74 Å². The molecule has 4 nitrogen and oxygen atoms in total. The number of hydrogen-bond acceptors (Lipinski definition) is 3. The van der Waals surface area contributed by atoms with Gasteiger partial charge >= 0.3 is 0 Å². The zero-order valence-electron chi connectivity index (χ0n) is 13.1. The Morgan fingerprint density at radius 2 is 1.80 bits per heavy atom. The lowest BCUT2D eigenvalue weighted by molar-refractivity contribution is 0.103. The summed E-state index contributed by atoms with van der Waals surface area (Å²) < 4.78 is 18.7. The van der Waals surface area contributed by atoms with Crippen LogP contribution in [0.5, 0.6) is 11.6 Å². The average Bonchev–Trinajstić information content (AvgIpc) is 3.08. The van der Waals surface area contributed by atoms with Gasteiger partial charge in [0.05, 0.1) is 11.3 Å². The molecule has 0 saturated heterocycles. The molecule has 0 aliphatic heterocycles. The number of rotatable bonds is 4. The van der Waals surface area contributed by atoms with Crippen LogP contribution < -0.4 is 4.74 Å². The van der Waals surface area contributed by atoms with Gasteiger partial charge in [-0.3, -0.25) is 4.79 Å². The van der Waals surface area contributed by atoms with E-state index in [1.165, 1.54) is 24.3 Å². The molecule has 5 heteroatoms. The summed E-state index contributed by atoms with van der Waals surface area (Å²) in [5.74, 6) is 0.00715. The van der Waals surface area contributed by atoms with Crippen molar-refractivity contribution < 1.29 is 13.9 Å². The zero-order valence-corrected chi connectivity index (χ0v) is 13.1. The molecule has 0 fully saturated rings. The Morgan fingerprint density at radius 1 is 1.00 bits per heavy atom. The predicted octanol–water partition coefficient (Wildman–Crippen LogP) is 4.73. The number of benzene rings is 2. The lowest BCUT2D eigenvalue weighted by Crippen LogP contribution is -2.05. The lowest BCUT2D eigenvalue weighted by Gasteiger charge is -2.08. The number of para-hydroxylation sites is 1. The molecule has 1 N–H and O–H groups in total. The van der Waals surface area contributed by atoms with E-state index >= 15 is 0 Å². The molecule has 122 valence electrons. The molecule has 0 unspecified atom stereocenters. The number of H-pyrrole nitrogens is 1. The van der Waals surface area contributed by atoms with E-state index in [2.05, 4.69) is 9.97 Å². The molecule has 0 radical (unpaired) electrons. The third-order valence-corrected chi connectivity index (χ3v) is 3.82. The second-order valence-corrected chi connectivity index (χ2v) is 5.51. The summed E-state index contributed by atoms with van der Waals surface area (Å²) in [6.45, 7) is 0. The van der Waals surface area contributed by atoms with Gasteiger partial charge in [-0.15, -0.1) is 0 Å². The topological polar surface area (TPSA) is 55.0 Å². The van der Waals surface area contributed by atoms with Crippen molar-refractivity contribution in [3.8, 4) is 11.6 Å². The minimum absolute atomic E-state index is 0.178. The third-order valence-electron chi connectivity index (χ3n) is 3.82. The highest BCUT2D eigenvalue weighted by atomic mass is 19.1. The number of nitrogens with zero attached hydrogens (tertiary/aromatic N) is 1. The highest BCUT2D eigenvalue weighted by Crippen LogP contribution is 2.26. The number of aromatic amines is 1. The molecule has 2 heterocycles. The van der Waals surface area contributed by atoms with Gasteiger partial charge in [0, 0.05) is 17.1 Å². The van der Waals surface area contributed by atoms with Crippen LogP contribution in [-0.4, -0.2) is 15.8 Å². The van der Waals surface area contributed by atoms with Gasteiger partial charge in [-0.05, 0) is 48.5 Å². The Bertz CT molecular complexity index is 1020. The molecule has 2 aromatic carbocycles. The summed E-state index contributed by atoms with van der Waals surface area (Å²) in [6, 6.07) is 18.3. The first-order valence-electron chi connectivity index (χ1n) is 7.71. The number of ketones is 1. The van der Waals surface area contributed by atoms with Crippen molar-refractivity contribution in [2.75, 3.05) is 0 Å². The molecule has 4 rings (SSSR count). The van der Waals surface area contributed by atoms with Gasteiger partial charge in [0.1, 0.15) is 11.6 Å². The molecule has 0 amide bonds. The number of hydrogen-bond donors (Lipinski definition) is 1. The van der Waals surface area contributed by atoms with Crippen LogP contribution in [0.25, 0.3) is 10.9 Å². The van der Waals surface area contributed by atoms with Crippen molar-refractivity contribution >= 4 is 16.7 Å². The monoisotopic (exact) mass is 332 g/mol. The fraction of sp³-hybridized carbons (Fsp3) is 0. The molecule has 0 atom stereocenters. The largest absolute Gasteiger partial charge is 0.438 e. The van der Waals surface area contributed by atoms with Crippen LogP contribution >= 0.6 is 0 Å². The molecule has 25 heavy (non-hydrogen) atoms. The Hall–Kier alpha value is -3.47. The smallest absolute Gasteiger partial charge is 0.230 e. The van der Waals surface area contributed by atoms with E-state index in [1.54, 1.807) is 24.4 Å². The average molecular weight is 332 g/mol. The van der Waals surface area contributed by atoms with Crippen LogP contribution in [0.15, 0.2) is 72.9 Å². The van der Waals surface area contributed by atoms with Crippen molar-refractivity contribution in [1.82, 2.24) is 9.97 Å². The van der Waals surface area contributed by atoms with Crippen LogP contribution in [0.1, 0.15) is 16.1 Å². The van der Waals surface area contributed by atoms with E-state index < -0.39 is 0 Å². The van der Waals surface area contributed by atoms with Crippen molar-refractivity contribution in [1.29, 1.82) is 0 Å². The molecular formula is C20H13FN2O2. The van der Waals surface area contributed by atoms with Gasteiger partial charge in [0.25, 0.3) is 0 Å². The Balaban J connectivity index is 1.70. The molecule has 0 aliphatic carbocycles. The van der Waals surface area contributed by atoms with E-state index in [0.717, 1.165) is 10.9 Å². The number of carbonyl (C=O) groups is 1. The van der Waals surface area contributed by atoms with Gasteiger partial charge in [-0.25, -0.2) is 9.37 Å². The number of fused-ring (bicyclic) bond motifs is 1. The molecule has 4 aromatic rings. The standard InChI is InChI=1S/C20H13FN2O2/c21-14-7-9-15(10-8-14)25-20-16(5-3-11-22-20)19(24)18-12-13-4-1-2-6-17(13)23-18/h1-12,23H. The summed E-state index contributed by atoms with van der Waals surface area (Å²) in [5, 5.41) is 0.954. The second kappa shape index (κ2) is 6.20. The molecule has 0 spiro atoms. The Labute approximate surface area is 142 Å². The number of aromatic nitrogens is 2. The molecule has 0 saturated carbocycles. The minimum Gasteiger partial charge on any atom is -0.438 e. The lowest BCUT2D eigenvalue weighted by atomic mass is 10.1. The molecule has 0 bridgehead atoms. The van der Waals surface area contributed by atoms with Crippen molar-refractivity contribution in [3.05, 3.63) is 90.0 Å². The Kier molecular flexibility index (Phi) is 3.74. The number of ether oxygens (including phenoxy) is 1. The van der Waals surface area contributed by atoms with Crippen LogP contribution in [0, 0.1) is 5.82 Å². The summed E-state index contributed by atoms with van der Waals surface area (Å²) in [7, 11) is 0. The van der Waals surface area contributed by atoms with Gasteiger partial charge in [-0.1, -0.05) is 18.2 Å². The molecule has 0 aliphatic rings. The van der Waals surface area contributed by atoms with Gasteiger partial charge in [-0.2, -0.15) is 0 Å². The summed E-state index contributed by atoms with van der Waals surface area (Å²) in [6.07, 6.45) is 1.54. The zero-order chi connectivity index (χ0) is 17.2. The van der Waals surface area contributed by atoms with Crippen LogP contribution in [0.4, 0.5) is 4.39 Å². The van der Waals surface area contributed by atoms with Gasteiger partial charge in [0.2, 0.25) is 11.7 Å². The number of carbonyl (C=O) groups excluding carboxylic acids is 1. The maximum absolute atomic E-state index is 13.0. The summed E-state index contributed by atoms with van der Waals surface area (Å²) in [4.78, 5) is 20.1.